The second-order valence-corrected chi connectivity index (χ2v) is 7.72. The predicted molar refractivity (Wildman–Crippen MR) is 100 cm³/mol. The van der Waals surface area contributed by atoms with Crippen molar-refractivity contribution in [1.29, 1.82) is 0 Å². The van der Waals surface area contributed by atoms with Gasteiger partial charge in [0.05, 0.1) is 11.6 Å². The van der Waals surface area contributed by atoms with Gasteiger partial charge in [-0.05, 0) is 44.7 Å². The van der Waals surface area contributed by atoms with Crippen LogP contribution in [0.5, 0.6) is 0 Å². The third kappa shape index (κ3) is 3.04. The van der Waals surface area contributed by atoms with Gasteiger partial charge in [-0.2, -0.15) is 28.4 Å². The quantitative estimate of drug-likeness (QED) is 0.793. The summed E-state index contributed by atoms with van der Waals surface area (Å²) in [6, 6.07) is 7.06. The number of hydrogen-bond acceptors (Lipinski definition) is 4. The van der Waals surface area contributed by atoms with Crippen molar-refractivity contribution in [2.24, 2.45) is 11.0 Å². The molecule has 1 aliphatic heterocycles. The molecule has 1 saturated carbocycles. The molecule has 2 unspecified atom stereocenters. The zero-order valence-corrected chi connectivity index (χ0v) is 16.0. The lowest BCUT2D eigenvalue weighted by Crippen LogP contribution is -2.61. The van der Waals surface area contributed by atoms with E-state index in [9.17, 15) is 23.1 Å². The smallest absolute Gasteiger partial charge is 0.362 e. The number of H-pyrrole nitrogens is 1. The number of aromatic nitrogens is 2. The number of aromatic amines is 1. The van der Waals surface area contributed by atoms with Gasteiger partial charge in [0.15, 0.2) is 0 Å². The van der Waals surface area contributed by atoms with Gasteiger partial charge in [0, 0.05) is 11.3 Å². The van der Waals surface area contributed by atoms with Crippen LogP contribution in [0.25, 0.3) is 11.3 Å². The number of hydrazone groups is 1. The number of amides is 1. The first-order chi connectivity index (χ1) is 13.6. The SMILES string of the molecule is Cc1ccc(-c2cc(C(=O)N3N=C4CCCCC4C3(O)C(F)(F)F)[nH]n2)c(C)c1. The molecule has 1 amide bonds. The Morgan fingerprint density at radius 1 is 1.28 bits per heavy atom. The normalized spacial score (nSPS) is 24.4. The van der Waals surface area contributed by atoms with Crippen LogP contribution in [0.2, 0.25) is 0 Å². The molecule has 0 radical (unpaired) electrons. The fraction of sp³-hybridized carbons (Fsp3) is 0.450. The number of hydrogen-bond donors (Lipinski definition) is 2. The number of alkyl halides is 3. The second kappa shape index (κ2) is 6.69. The lowest BCUT2D eigenvalue weighted by Gasteiger charge is -2.37. The van der Waals surface area contributed by atoms with Gasteiger partial charge in [-0.25, -0.2) is 0 Å². The number of aryl methyl sites for hydroxylation is 2. The van der Waals surface area contributed by atoms with Gasteiger partial charge in [0.2, 0.25) is 0 Å². The summed E-state index contributed by atoms with van der Waals surface area (Å²) in [5.41, 5.74) is -0.1000. The van der Waals surface area contributed by atoms with Gasteiger partial charge >= 0.3 is 6.18 Å². The molecule has 0 saturated heterocycles. The lowest BCUT2D eigenvalue weighted by molar-refractivity contribution is -0.312. The third-order valence-electron chi connectivity index (χ3n) is 5.69. The van der Waals surface area contributed by atoms with Crippen LogP contribution in [0, 0.1) is 19.8 Å². The Kier molecular flexibility index (Phi) is 4.53. The zero-order valence-electron chi connectivity index (χ0n) is 16.0. The summed E-state index contributed by atoms with van der Waals surface area (Å²) >= 11 is 0. The Morgan fingerprint density at radius 3 is 2.72 bits per heavy atom. The Hall–Kier alpha value is -2.68. The highest BCUT2D eigenvalue weighted by Crippen LogP contribution is 2.48. The summed E-state index contributed by atoms with van der Waals surface area (Å²) in [5, 5.41) is 21.3. The molecule has 154 valence electrons. The fourth-order valence-corrected chi connectivity index (χ4v) is 4.20. The summed E-state index contributed by atoms with van der Waals surface area (Å²) in [7, 11) is 0. The number of rotatable bonds is 2. The molecule has 2 heterocycles. The van der Waals surface area contributed by atoms with Crippen molar-refractivity contribution in [1.82, 2.24) is 15.2 Å². The van der Waals surface area contributed by atoms with E-state index in [-0.39, 0.29) is 22.8 Å². The van der Waals surface area contributed by atoms with Crippen molar-refractivity contribution in [2.45, 2.75) is 51.4 Å². The van der Waals surface area contributed by atoms with Crippen LogP contribution in [0.3, 0.4) is 0 Å². The van der Waals surface area contributed by atoms with Crippen molar-refractivity contribution in [3.05, 3.63) is 41.1 Å². The van der Waals surface area contributed by atoms with Crippen LogP contribution >= 0.6 is 0 Å². The van der Waals surface area contributed by atoms with E-state index in [1.807, 2.05) is 32.0 Å². The number of aliphatic hydroxyl groups is 1. The molecular formula is C20H21F3N4O2. The molecule has 1 aromatic carbocycles. The van der Waals surface area contributed by atoms with E-state index in [1.54, 1.807) is 0 Å². The zero-order chi connectivity index (χ0) is 21.0. The Balaban J connectivity index is 1.70. The number of fused-ring (bicyclic) bond motifs is 1. The molecule has 1 aliphatic carbocycles. The maximum absolute atomic E-state index is 13.9. The lowest BCUT2D eigenvalue weighted by atomic mass is 9.80. The van der Waals surface area contributed by atoms with Gasteiger partial charge < -0.3 is 5.11 Å². The molecule has 6 nitrogen and oxygen atoms in total. The average Bonchev–Trinajstić information content (AvgIpc) is 3.25. The minimum Gasteiger partial charge on any atom is -0.362 e. The van der Waals surface area contributed by atoms with Gasteiger partial charge in [0.1, 0.15) is 5.69 Å². The standard InChI is InChI=1S/C20H21F3N4O2/c1-11-7-8-13(12(2)9-11)16-10-17(25-24-16)18(28)27-19(29,20(21,22)23)14-5-3-4-6-15(14)26-27/h7-10,14,29H,3-6H2,1-2H3,(H,24,25). The summed E-state index contributed by atoms with van der Waals surface area (Å²) < 4.78 is 41.6. The molecule has 1 fully saturated rings. The summed E-state index contributed by atoms with van der Waals surface area (Å²) in [6.45, 7) is 3.83. The van der Waals surface area contributed by atoms with Crippen molar-refractivity contribution >= 4 is 11.6 Å². The van der Waals surface area contributed by atoms with Crippen LogP contribution in [0.1, 0.15) is 47.3 Å². The van der Waals surface area contributed by atoms with Crippen molar-refractivity contribution in [3.8, 4) is 11.3 Å². The number of nitrogens with zero attached hydrogens (tertiary/aromatic N) is 3. The van der Waals surface area contributed by atoms with E-state index in [0.717, 1.165) is 16.7 Å². The van der Waals surface area contributed by atoms with Crippen molar-refractivity contribution < 1.29 is 23.1 Å². The average molecular weight is 406 g/mol. The van der Waals surface area contributed by atoms with Gasteiger partial charge in [-0.15, -0.1) is 0 Å². The molecule has 1 aromatic heterocycles. The van der Waals surface area contributed by atoms with E-state index in [4.69, 9.17) is 0 Å². The highest BCUT2D eigenvalue weighted by Gasteiger charge is 2.68. The minimum absolute atomic E-state index is 0.134. The molecule has 29 heavy (non-hydrogen) atoms. The summed E-state index contributed by atoms with van der Waals surface area (Å²) in [6.07, 6.45) is -3.33. The maximum Gasteiger partial charge on any atom is 0.439 e. The van der Waals surface area contributed by atoms with Crippen molar-refractivity contribution in [3.63, 3.8) is 0 Å². The number of halogens is 3. The van der Waals surface area contributed by atoms with E-state index in [0.29, 0.717) is 25.0 Å². The molecular weight excluding hydrogens is 385 g/mol. The van der Waals surface area contributed by atoms with Gasteiger partial charge in [-0.1, -0.05) is 30.2 Å². The van der Waals surface area contributed by atoms with Gasteiger partial charge in [0.25, 0.3) is 11.6 Å². The maximum atomic E-state index is 13.9. The second-order valence-electron chi connectivity index (χ2n) is 7.72. The molecule has 2 N–H and O–H groups in total. The highest BCUT2D eigenvalue weighted by molar-refractivity contribution is 5.99. The number of benzene rings is 1. The van der Waals surface area contributed by atoms with E-state index >= 15 is 0 Å². The molecule has 2 aliphatic rings. The molecule has 4 rings (SSSR count). The van der Waals surface area contributed by atoms with Gasteiger partial charge in [-0.3, -0.25) is 9.89 Å². The number of nitrogens with one attached hydrogen (secondary N) is 1. The Labute approximate surface area is 165 Å². The number of carbonyl (C=O) groups excluding carboxylic acids is 1. The first-order valence-corrected chi connectivity index (χ1v) is 9.47. The van der Waals surface area contributed by atoms with Crippen LogP contribution in [0.15, 0.2) is 29.4 Å². The third-order valence-corrected chi connectivity index (χ3v) is 5.69. The van der Waals surface area contributed by atoms with E-state index in [1.165, 1.54) is 6.07 Å². The topological polar surface area (TPSA) is 81.6 Å². The molecule has 0 bridgehead atoms. The van der Waals surface area contributed by atoms with Crippen LogP contribution in [-0.4, -0.2) is 43.8 Å². The minimum atomic E-state index is -5.04. The monoisotopic (exact) mass is 406 g/mol. The van der Waals surface area contributed by atoms with Crippen molar-refractivity contribution in [2.75, 3.05) is 0 Å². The molecule has 2 atom stereocenters. The van der Waals surface area contributed by atoms with E-state index in [2.05, 4.69) is 15.3 Å². The van der Waals surface area contributed by atoms with Crippen LogP contribution in [-0.2, 0) is 0 Å². The first-order valence-electron chi connectivity index (χ1n) is 9.47. The largest absolute Gasteiger partial charge is 0.439 e. The Morgan fingerprint density at radius 2 is 2.03 bits per heavy atom. The molecule has 9 heteroatoms. The molecule has 0 spiro atoms. The fourth-order valence-electron chi connectivity index (χ4n) is 4.20. The number of carbonyl (C=O) groups is 1. The van der Waals surface area contributed by atoms with E-state index < -0.39 is 23.7 Å². The highest BCUT2D eigenvalue weighted by atomic mass is 19.4. The van der Waals surface area contributed by atoms with Crippen LogP contribution in [0.4, 0.5) is 13.2 Å². The molecule has 2 aromatic rings. The Bertz CT molecular complexity index is 998. The summed E-state index contributed by atoms with van der Waals surface area (Å²) in [4.78, 5) is 12.9. The predicted octanol–water partition coefficient (Wildman–Crippen LogP) is 3.95. The first kappa shape index (κ1) is 19.6. The summed E-state index contributed by atoms with van der Waals surface area (Å²) in [5.74, 6) is -2.29. The van der Waals surface area contributed by atoms with Crippen LogP contribution < -0.4 is 0 Å².